The van der Waals surface area contributed by atoms with Crippen LogP contribution in [0.5, 0.6) is 5.75 Å². The topological polar surface area (TPSA) is 38.3 Å². The normalized spacial score (nSPS) is 11.1. The van der Waals surface area contributed by atoms with Gasteiger partial charge in [0.1, 0.15) is 5.75 Å². The van der Waals surface area contributed by atoms with E-state index in [1.807, 2.05) is 12.1 Å². The number of carbonyl (C=O) groups is 1. The highest BCUT2D eigenvalue weighted by Crippen LogP contribution is 2.26. The monoisotopic (exact) mass is 553 g/mol. The predicted molar refractivity (Wildman–Crippen MR) is 170 cm³/mol. The second-order valence-electron chi connectivity index (χ2n) is 11.3. The van der Waals surface area contributed by atoms with Crippen molar-refractivity contribution in [1.82, 2.24) is 4.72 Å². The van der Waals surface area contributed by atoms with Crippen LogP contribution >= 0.6 is 11.9 Å². The first-order chi connectivity index (χ1) is 19.0. The summed E-state index contributed by atoms with van der Waals surface area (Å²) in [5, 5.41) is 0. The van der Waals surface area contributed by atoms with Crippen LogP contribution in [0.1, 0.15) is 139 Å². The first-order valence-corrected chi connectivity index (χ1v) is 16.7. The van der Waals surface area contributed by atoms with Crippen molar-refractivity contribution < 1.29 is 9.53 Å². The van der Waals surface area contributed by atoms with Gasteiger partial charge in [0.05, 0.1) is 0 Å². The highest BCUT2D eigenvalue weighted by Gasteiger charge is 2.12. The number of unbranched alkanes of at least 4 members (excludes halogenated alkanes) is 14. The van der Waals surface area contributed by atoms with Crippen LogP contribution in [0.3, 0.4) is 0 Å². The van der Waals surface area contributed by atoms with E-state index in [0.29, 0.717) is 5.75 Å². The number of amides is 1. The SMILES string of the molecule is CCCCCCCCCCc1ccc(OC(=O)NSc2ccc(C)cc2C)c(CCCCCCCCCC)c1. The van der Waals surface area contributed by atoms with Crippen LogP contribution in [0.25, 0.3) is 0 Å². The Hall–Kier alpha value is -1.94. The molecule has 0 saturated carbocycles. The number of aryl methyl sites for hydroxylation is 4. The summed E-state index contributed by atoms with van der Waals surface area (Å²) >= 11 is 1.32. The third kappa shape index (κ3) is 14.9. The minimum Gasteiger partial charge on any atom is -0.409 e. The maximum atomic E-state index is 12.7. The van der Waals surface area contributed by atoms with E-state index in [9.17, 15) is 4.79 Å². The third-order valence-electron chi connectivity index (χ3n) is 7.52. The number of benzene rings is 2. The van der Waals surface area contributed by atoms with E-state index in [2.05, 4.69) is 56.7 Å². The summed E-state index contributed by atoms with van der Waals surface area (Å²) in [4.78, 5) is 13.7. The largest absolute Gasteiger partial charge is 0.422 e. The molecule has 3 nitrogen and oxygen atoms in total. The van der Waals surface area contributed by atoms with Crippen LogP contribution in [0, 0.1) is 13.8 Å². The Morgan fingerprint density at radius 3 is 1.85 bits per heavy atom. The minimum absolute atomic E-state index is 0.409. The fraction of sp³-hybridized carbons (Fsp3) is 0.629. The van der Waals surface area contributed by atoms with E-state index in [1.165, 1.54) is 125 Å². The molecule has 2 rings (SSSR count). The summed E-state index contributed by atoms with van der Waals surface area (Å²) in [6.07, 6.45) is 22.8. The molecule has 218 valence electrons. The Balaban J connectivity index is 1.88. The average molecular weight is 554 g/mol. The van der Waals surface area contributed by atoms with Crippen molar-refractivity contribution in [2.45, 2.75) is 148 Å². The maximum absolute atomic E-state index is 12.7. The number of hydrogen-bond acceptors (Lipinski definition) is 3. The van der Waals surface area contributed by atoms with Gasteiger partial charge in [-0.25, -0.2) is 4.79 Å². The Bertz CT molecular complexity index is 942. The number of nitrogens with one attached hydrogen (secondary N) is 1. The summed E-state index contributed by atoms with van der Waals surface area (Å²) < 4.78 is 8.70. The number of rotatable bonds is 21. The molecule has 0 spiro atoms. The van der Waals surface area contributed by atoms with Crippen molar-refractivity contribution in [3.8, 4) is 5.75 Å². The maximum Gasteiger partial charge on any atom is 0.422 e. The van der Waals surface area contributed by atoms with Crippen molar-refractivity contribution in [3.05, 3.63) is 58.7 Å². The van der Waals surface area contributed by atoms with Gasteiger partial charge in [-0.15, -0.1) is 0 Å². The molecule has 0 aliphatic rings. The third-order valence-corrected chi connectivity index (χ3v) is 8.47. The van der Waals surface area contributed by atoms with Gasteiger partial charge in [-0.1, -0.05) is 134 Å². The van der Waals surface area contributed by atoms with Gasteiger partial charge in [-0.05, 0) is 80.3 Å². The molecule has 2 aromatic carbocycles. The quantitative estimate of drug-likeness (QED) is 0.123. The molecule has 0 saturated heterocycles. The zero-order chi connectivity index (χ0) is 28.1. The van der Waals surface area contributed by atoms with Gasteiger partial charge >= 0.3 is 6.09 Å². The molecular formula is C35H55NO2S. The first-order valence-electron chi connectivity index (χ1n) is 15.9. The molecule has 1 N–H and O–H groups in total. The lowest BCUT2D eigenvalue weighted by Gasteiger charge is -2.13. The van der Waals surface area contributed by atoms with Crippen LogP contribution in [0.2, 0.25) is 0 Å². The molecule has 0 aliphatic carbocycles. The molecule has 0 unspecified atom stereocenters. The molecular weight excluding hydrogens is 498 g/mol. The minimum atomic E-state index is -0.409. The summed E-state index contributed by atoms with van der Waals surface area (Å²) in [5.74, 6) is 0.705. The molecule has 2 aromatic rings. The molecule has 0 fully saturated rings. The van der Waals surface area contributed by atoms with Gasteiger partial charge in [0.15, 0.2) is 0 Å². The molecule has 39 heavy (non-hydrogen) atoms. The van der Waals surface area contributed by atoms with E-state index >= 15 is 0 Å². The molecule has 0 aliphatic heterocycles. The molecule has 1 amide bonds. The molecule has 0 aromatic heterocycles. The number of carbonyl (C=O) groups excluding carboxylic acids is 1. The lowest BCUT2D eigenvalue weighted by Crippen LogP contribution is -2.21. The standard InChI is InChI=1S/C35H55NO2S/c1-5-7-9-11-13-15-17-19-21-31-24-25-33(32(28-31)22-20-18-16-14-12-10-8-6-2)38-35(37)36-39-34-26-23-29(3)27-30(34)4/h23-28H,5-22H2,1-4H3,(H,36,37). The average Bonchev–Trinajstić information content (AvgIpc) is 2.92. The molecule has 0 bridgehead atoms. The predicted octanol–water partition coefficient (Wildman–Crippen LogP) is 11.5. The second kappa shape index (κ2) is 20.9. The van der Waals surface area contributed by atoms with E-state index in [1.54, 1.807) is 0 Å². The molecule has 0 atom stereocenters. The van der Waals surface area contributed by atoms with Gasteiger partial charge < -0.3 is 4.74 Å². The summed E-state index contributed by atoms with van der Waals surface area (Å²) in [5.41, 5.74) is 4.91. The lowest BCUT2D eigenvalue weighted by molar-refractivity contribution is 0.207. The van der Waals surface area contributed by atoms with E-state index in [-0.39, 0.29) is 0 Å². The van der Waals surface area contributed by atoms with Crippen molar-refractivity contribution in [2.24, 2.45) is 0 Å². The van der Waals surface area contributed by atoms with Gasteiger partial charge in [0.25, 0.3) is 0 Å². The van der Waals surface area contributed by atoms with Crippen LogP contribution in [0.4, 0.5) is 4.79 Å². The number of ether oxygens (including phenoxy) is 1. The van der Waals surface area contributed by atoms with Crippen LogP contribution in [-0.2, 0) is 12.8 Å². The zero-order valence-electron chi connectivity index (χ0n) is 25.4. The lowest BCUT2D eigenvalue weighted by atomic mass is 9.99. The van der Waals surface area contributed by atoms with Crippen molar-refractivity contribution in [2.75, 3.05) is 0 Å². The van der Waals surface area contributed by atoms with E-state index < -0.39 is 6.09 Å². The molecule has 0 radical (unpaired) electrons. The fourth-order valence-corrected chi connectivity index (χ4v) is 5.72. The number of hydrogen-bond donors (Lipinski definition) is 1. The van der Waals surface area contributed by atoms with Gasteiger partial charge in [0, 0.05) is 4.90 Å². The smallest absolute Gasteiger partial charge is 0.409 e. The van der Waals surface area contributed by atoms with Crippen LogP contribution in [-0.4, -0.2) is 6.09 Å². The Morgan fingerprint density at radius 1 is 0.692 bits per heavy atom. The fourth-order valence-electron chi connectivity index (χ4n) is 5.13. The first kappa shape index (κ1) is 33.3. The summed E-state index contributed by atoms with van der Waals surface area (Å²) in [6, 6.07) is 12.7. The summed E-state index contributed by atoms with van der Waals surface area (Å²) in [7, 11) is 0. The van der Waals surface area contributed by atoms with Gasteiger partial charge in [-0.2, -0.15) is 0 Å². The van der Waals surface area contributed by atoms with Crippen molar-refractivity contribution in [3.63, 3.8) is 0 Å². The zero-order valence-corrected chi connectivity index (χ0v) is 26.2. The van der Waals surface area contributed by atoms with Gasteiger partial charge in [-0.3, -0.25) is 4.72 Å². The van der Waals surface area contributed by atoms with Crippen LogP contribution in [0.15, 0.2) is 41.3 Å². The van der Waals surface area contributed by atoms with Crippen LogP contribution < -0.4 is 9.46 Å². The van der Waals surface area contributed by atoms with Gasteiger partial charge in [0.2, 0.25) is 0 Å². The van der Waals surface area contributed by atoms with Crippen molar-refractivity contribution in [1.29, 1.82) is 0 Å². The van der Waals surface area contributed by atoms with E-state index in [0.717, 1.165) is 29.7 Å². The highest BCUT2D eigenvalue weighted by molar-refractivity contribution is 7.98. The van der Waals surface area contributed by atoms with E-state index in [4.69, 9.17) is 4.74 Å². The second-order valence-corrected chi connectivity index (χ2v) is 12.1. The Kier molecular flexibility index (Phi) is 17.8. The van der Waals surface area contributed by atoms with Crippen molar-refractivity contribution >= 4 is 18.0 Å². The molecule has 4 heteroatoms. The molecule has 0 heterocycles. The summed E-state index contributed by atoms with van der Waals surface area (Å²) in [6.45, 7) is 8.69. The highest BCUT2D eigenvalue weighted by atomic mass is 32.2. The Morgan fingerprint density at radius 2 is 1.26 bits per heavy atom. The Labute approximate surface area is 244 Å².